The van der Waals surface area contributed by atoms with E-state index in [2.05, 4.69) is 6.58 Å². The maximum atomic E-state index is 9.00. The van der Waals surface area contributed by atoms with E-state index in [0.717, 1.165) is 19.8 Å². The van der Waals surface area contributed by atoms with Crippen molar-refractivity contribution in [2.45, 2.75) is 52.0 Å². The van der Waals surface area contributed by atoms with E-state index in [4.69, 9.17) is 39.6 Å². The van der Waals surface area contributed by atoms with E-state index in [1.54, 1.807) is 0 Å². The summed E-state index contributed by atoms with van der Waals surface area (Å²) in [7, 11) is 9.75. The van der Waals surface area contributed by atoms with Crippen molar-refractivity contribution in [2.24, 2.45) is 0 Å². The van der Waals surface area contributed by atoms with Crippen LogP contribution in [0.1, 0.15) is 46.0 Å². The van der Waals surface area contributed by atoms with E-state index in [0.29, 0.717) is 0 Å². The predicted octanol–water partition coefficient (Wildman–Crippen LogP) is 5.63. The Hall–Kier alpha value is 0.198. The molecule has 0 aliphatic heterocycles. The molecule has 0 atom stereocenters. The van der Waals surface area contributed by atoms with Crippen molar-refractivity contribution in [1.29, 1.82) is 0 Å². The van der Waals surface area contributed by atoms with Crippen molar-refractivity contribution in [3.63, 3.8) is 0 Å². The van der Waals surface area contributed by atoms with E-state index >= 15 is 0 Å². The number of halogens is 2. The molecule has 1 aliphatic carbocycles. The summed E-state index contributed by atoms with van der Waals surface area (Å²) in [5.74, 6) is -0.667. The molecular weight excluding hydrogens is 474 g/mol. The van der Waals surface area contributed by atoms with Gasteiger partial charge in [0.15, 0.2) is 0 Å². The van der Waals surface area contributed by atoms with Crippen molar-refractivity contribution >= 4 is 24.8 Å². The Kier molecular flexibility index (Phi) is 33.8. The van der Waals surface area contributed by atoms with Gasteiger partial charge in [-0.25, -0.2) is 0 Å². The van der Waals surface area contributed by atoms with E-state index < -0.39 is 22.5 Å². The van der Waals surface area contributed by atoms with Gasteiger partial charge >= 0.3 is 35.3 Å². The van der Waals surface area contributed by atoms with Crippen LogP contribution in [0.3, 0.4) is 0 Å². The molecule has 0 aromatic rings. The van der Waals surface area contributed by atoms with Crippen LogP contribution in [0.5, 0.6) is 0 Å². The second-order valence-corrected chi connectivity index (χ2v) is 6.92. The zero-order valence-corrected chi connectivity index (χ0v) is 15.1. The van der Waals surface area contributed by atoms with Crippen molar-refractivity contribution in [3.05, 3.63) is 24.2 Å². The summed E-state index contributed by atoms with van der Waals surface area (Å²) >= 11 is -0.472. The molecule has 0 heterocycles. The Morgan fingerprint density at radius 3 is 1.53 bits per heavy atom. The SMILES string of the molecule is C=C(C)O.CC(=O)O.[Cl][Pt+2][Cl].[NH-]C1CCCCC1.[NH2-]. The van der Waals surface area contributed by atoms with Gasteiger partial charge in [0, 0.05) is 6.92 Å². The third kappa shape index (κ3) is 71.0. The number of hydrogen-bond acceptors (Lipinski definition) is 2. The van der Waals surface area contributed by atoms with Crippen LogP contribution in [0.15, 0.2) is 12.3 Å². The Bertz CT molecular complexity index is 184. The number of allylic oxidation sites excluding steroid dienone is 1. The summed E-state index contributed by atoms with van der Waals surface area (Å²) in [5.41, 5.74) is 7.27. The minimum absolute atomic E-state index is 0. The number of hydrogen-bond donors (Lipinski definition) is 2. The fourth-order valence-electron chi connectivity index (χ4n) is 1.10. The topological polar surface area (TPSA) is 115 Å². The molecule has 1 saturated carbocycles. The van der Waals surface area contributed by atoms with Gasteiger partial charge in [0.25, 0.3) is 5.97 Å². The number of aliphatic hydroxyl groups excluding tert-OH is 1. The Morgan fingerprint density at radius 1 is 1.21 bits per heavy atom. The van der Waals surface area contributed by atoms with Gasteiger partial charge in [0.1, 0.15) is 0 Å². The number of carboxylic acids is 1. The monoisotopic (exact) mass is 497 g/mol. The molecule has 0 amide bonds. The molecule has 0 radical (unpaired) electrons. The molecule has 0 spiro atoms. The first-order chi connectivity index (χ1) is 8.27. The summed E-state index contributed by atoms with van der Waals surface area (Å²) in [6.45, 7) is 5.72. The van der Waals surface area contributed by atoms with Crippen molar-refractivity contribution in [3.8, 4) is 0 Å². The summed E-state index contributed by atoms with van der Waals surface area (Å²) in [6.07, 6.45) is 6.28. The molecule has 5 nitrogen and oxygen atoms in total. The number of rotatable bonds is 0. The van der Waals surface area contributed by atoms with Gasteiger partial charge in [-0.05, 0) is 6.92 Å². The zero-order chi connectivity index (χ0) is 15.0. The quantitative estimate of drug-likeness (QED) is 0.422. The second kappa shape index (κ2) is 23.3. The van der Waals surface area contributed by atoms with Gasteiger partial charge in [-0.1, -0.05) is 38.7 Å². The molecule has 0 aromatic heterocycles. The van der Waals surface area contributed by atoms with Crippen LogP contribution in [0, 0.1) is 0 Å². The van der Waals surface area contributed by atoms with Crippen LogP contribution < -0.4 is 0 Å². The Labute approximate surface area is 132 Å². The van der Waals surface area contributed by atoms with Gasteiger partial charge < -0.3 is 22.1 Å². The minimum atomic E-state index is -0.833. The van der Waals surface area contributed by atoms with E-state index in [9.17, 15) is 0 Å². The first-order valence-electron chi connectivity index (χ1n) is 5.35. The molecule has 0 unspecified atom stereocenters. The standard InChI is InChI=1S/C6H12N.C3H6O.C2H4O2.2ClH.H2N.Pt/c7-6-4-2-1-3-5-6;1-3(2)4;1-2(3)4;;;;/h6-7H,1-5H2;4H,1H2,2H3;1H3,(H,3,4);2*1H;1H2;/q-1;;;;;-1;+4/p-2. The second-order valence-electron chi connectivity index (χ2n) is 3.63. The number of carbonyl (C=O) groups is 1. The van der Waals surface area contributed by atoms with Crippen LogP contribution in [-0.2, 0) is 21.3 Å². The first-order valence-corrected chi connectivity index (χ1v) is 11.0. The maximum Gasteiger partial charge on any atom is -0.0534 e. The van der Waals surface area contributed by atoms with E-state index in [-0.39, 0.29) is 18.0 Å². The van der Waals surface area contributed by atoms with Crippen molar-refractivity contribution in [1.82, 2.24) is 0 Å². The van der Waals surface area contributed by atoms with Crippen molar-refractivity contribution < 1.29 is 31.5 Å². The molecule has 0 aromatic carbocycles. The molecule has 5 N–H and O–H groups in total. The van der Waals surface area contributed by atoms with Crippen LogP contribution >= 0.6 is 18.8 Å². The Balaban J connectivity index is -0.0000000831. The molecule has 1 fully saturated rings. The molecule has 1 rings (SSSR count). The third-order valence-electron chi connectivity index (χ3n) is 1.61. The fourth-order valence-corrected chi connectivity index (χ4v) is 1.10. The smallest absolute Gasteiger partial charge is 0.0534 e. The number of carboxylic acid groups (broad SMARTS) is 1. The summed E-state index contributed by atoms with van der Waals surface area (Å²) in [5, 5.41) is 15.3. The van der Waals surface area contributed by atoms with Crippen molar-refractivity contribution in [2.75, 3.05) is 0 Å². The first kappa shape index (κ1) is 27.5. The normalized spacial score (nSPS) is 13.1. The molecule has 1 aliphatic rings. The van der Waals surface area contributed by atoms with Crippen LogP contribution in [0.4, 0.5) is 0 Å². The number of nitrogens with one attached hydrogen (secondary N) is 1. The number of aliphatic carboxylic acids is 1. The Morgan fingerprint density at radius 2 is 1.42 bits per heavy atom. The third-order valence-corrected chi connectivity index (χ3v) is 1.61. The fraction of sp³-hybridized carbons (Fsp3) is 0.727. The summed E-state index contributed by atoms with van der Waals surface area (Å²) in [4.78, 5) is 9.00. The molecule has 0 saturated heterocycles. The predicted molar refractivity (Wildman–Crippen MR) is 78.9 cm³/mol. The van der Waals surface area contributed by atoms with Crippen LogP contribution in [0.25, 0.3) is 11.9 Å². The van der Waals surface area contributed by atoms with Gasteiger partial charge in [-0.2, -0.15) is 0 Å². The van der Waals surface area contributed by atoms with Crippen LogP contribution in [-0.4, -0.2) is 22.2 Å². The summed E-state index contributed by atoms with van der Waals surface area (Å²) in [6, 6.07) is 0.286. The number of nitrogens with two attached hydrogens (primary N) is 1. The van der Waals surface area contributed by atoms with Gasteiger partial charge in [0.2, 0.25) is 0 Å². The molecule has 19 heavy (non-hydrogen) atoms. The largest absolute Gasteiger partial charge is 0.693 e. The van der Waals surface area contributed by atoms with Gasteiger partial charge in [-0.15, -0.1) is 6.04 Å². The number of aliphatic hydroxyl groups is 1. The van der Waals surface area contributed by atoms with Crippen LogP contribution in [0.2, 0.25) is 0 Å². The molecule has 0 bridgehead atoms. The average molecular weight is 498 g/mol. The molecular formula is C11H24Cl2N2O3Pt. The van der Waals surface area contributed by atoms with Gasteiger partial charge in [-0.3, -0.25) is 4.79 Å². The zero-order valence-electron chi connectivity index (χ0n) is 11.3. The summed E-state index contributed by atoms with van der Waals surface area (Å²) < 4.78 is 0. The minimum Gasteiger partial charge on any atom is -0.693 e. The molecule has 120 valence electrons. The average Bonchev–Trinajstić information content (AvgIpc) is 2.18. The van der Waals surface area contributed by atoms with E-state index in [1.807, 2.05) is 0 Å². The van der Waals surface area contributed by atoms with E-state index in [1.165, 1.54) is 26.2 Å². The molecule has 8 heteroatoms. The van der Waals surface area contributed by atoms with Gasteiger partial charge in [0.05, 0.1) is 5.76 Å². The maximum absolute atomic E-state index is 9.00.